The van der Waals surface area contributed by atoms with Gasteiger partial charge in [0.1, 0.15) is 11.3 Å². The Morgan fingerprint density at radius 1 is 1.06 bits per heavy atom. The average Bonchev–Trinajstić information content (AvgIpc) is 3.05. The minimum atomic E-state index is -4.90. The predicted octanol–water partition coefficient (Wildman–Crippen LogP) is 3.98. The van der Waals surface area contributed by atoms with Crippen molar-refractivity contribution in [2.24, 2.45) is 0 Å². The molecule has 1 heterocycles. The number of anilines is 2. The number of carbonyl (C=O) groups excluding carboxylic acids is 1. The number of benzene rings is 2. The summed E-state index contributed by atoms with van der Waals surface area (Å²) in [6.07, 6.45) is -4.90. The lowest BCUT2D eigenvalue weighted by molar-refractivity contribution is -0.274. The van der Waals surface area contributed by atoms with E-state index in [-0.39, 0.29) is 22.6 Å². The largest absolute Gasteiger partial charge is 0.573 e. The Kier molecular flexibility index (Phi) is 5.93. The van der Waals surface area contributed by atoms with Gasteiger partial charge in [-0.2, -0.15) is 13.5 Å². The van der Waals surface area contributed by atoms with Crippen LogP contribution in [0.3, 0.4) is 0 Å². The van der Waals surface area contributed by atoms with E-state index in [0.29, 0.717) is 0 Å². The number of aromatic nitrogens is 2. The Hall–Kier alpha value is -3.54. The van der Waals surface area contributed by atoms with E-state index in [1.165, 1.54) is 19.1 Å². The van der Waals surface area contributed by atoms with Crippen molar-refractivity contribution in [1.82, 2.24) is 10.2 Å². The van der Waals surface area contributed by atoms with Crippen molar-refractivity contribution in [3.05, 3.63) is 65.4 Å². The summed E-state index contributed by atoms with van der Waals surface area (Å²) in [4.78, 5) is 12.7. The van der Waals surface area contributed by atoms with Gasteiger partial charge in [-0.3, -0.25) is 14.6 Å². The molecule has 1 aromatic heterocycles. The van der Waals surface area contributed by atoms with Crippen LogP contribution in [-0.2, 0) is 10.0 Å². The lowest BCUT2D eigenvalue weighted by Crippen LogP contribution is -2.20. The Labute approximate surface area is 175 Å². The number of aromatic amines is 1. The van der Waals surface area contributed by atoms with Crippen molar-refractivity contribution < 1.29 is 31.1 Å². The lowest BCUT2D eigenvalue weighted by atomic mass is 10.2. The number of amides is 1. The van der Waals surface area contributed by atoms with Crippen LogP contribution in [0, 0.1) is 13.8 Å². The molecular weight excluding hydrogens is 437 g/mol. The fourth-order valence-electron chi connectivity index (χ4n) is 2.66. The van der Waals surface area contributed by atoms with E-state index in [4.69, 9.17) is 0 Å². The number of hydrogen-bond donors (Lipinski definition) is 3. The van der Waals surface area contributed by atoms with Crippen molar-refractivity contribution in [1.29, 1.82) is 0 Å². The third-order valence-electron chi connectivity index (χ3n) is 4.02. The molecule has 0 aliphatic heterocycles. The topological polar surface area (TPSA) is 113 Å². The monoisotopic (exact) mass is 454 g/mol. The molecule has 0 saturated carbocycles. The van der Waals surface area contributed by atoms with Gasteiger partial charge in [0.15, 0.2) is 0 Å². The Morgan fingerprint density at radius 2 is 1.74 bits per heavy atom. The molecule has 0 fully saturated rings. The first-order valence-corrected chi connectivity index (χ1v) is 10.2. The van der Waals surface area contributed by atoms with Crippen molar-refractivity contribution in [3.63, 3.8) is 0 Å². The number of H-pyrrole nitrogens is 1. The van der Waals surface area contributed by atoms with Crippen LogP contribution >= 0.6 is 0 Å². The molecule has 0 radical (unpaired) electrons. The summed E-state index contributed by atoms with van der Waals surface area (Å²) in [6, 6.07) is 11.1. The molecule has 12 heteroatoms. The molecule has 0 atom stereocenters. The summed E-state index contributed by atoms with van der Waals surface area (Å²) in [5, 5.41) is 7.97. The number of aryl methyl sites for hydroxylation is 2. The highest BCUT2D eigenvalue weighted by atomic mass is 32.2. The van der Waals surface area contributed by atoms with Crippen LogP contribution in [-0.4, -0.2) is 30.9 Å². The van der Waals surface area contributed by atoms with Crippen molar-refractivity contribution in [2.45, 2.75) is 25.2 Å². The molecule has 3 N–H and O–H groups in total. The average molecular weight is 454 g/mol. The third kappa shape index (κ3) is 5.54. The van der Waals surface area contributed by atoms with E-state index < -0.39 is 33.1 Å². The van der Waals surface area contributed by atoms with E-state index in [0.717, 1.165) is 17.7 Å². The molecule has 3 aromatic rings. The minimum Gasteiger partial charge on any atom is -0.406 e. The van der Waals surface area contributed by atoms with E-state index >= 15 is 0 Å². The molecule has 3 rings (SSSR count). The molecule has 8 nitrogen and oxygen atoms in total. The third-order valence-corrected chi connectivity index (χ3v) is 5.33. The second-order valence-corrected chi connectivity index (χ2v) is 8.13. The fraction of sp³-hybridized carbons (Fsp3) is 0.158. The number of nitrogens with one attached hydrogen (secondary N) is 3. The van der Waals surface area contributed by atoms with Crippen LogP contribution in [0.5, 0.6) is 5.75 Å². The van der Waals surface area contributed by atoms with Crippen LogP contribution in [0.25, 0.3) is 0 Å². The molecule has 0 unspecified atom stereocenters. The van der Waals surface area contributed by atoms with Crippen molar-refractivity contribution >= 4 is 27.3 Å². The number of sulfonamides is 1. The summed E-state index contributed by atoms with van der Waals surface area (Å²) >= 11 is 0. The summed E-state index contributed by atoms with van der Waals surface area (Å²) < 4.78 is 68.9. The number of nitrogens with zero attached hydrogens (tertiary/aromatic N) is 1. The van der Waals surface area contributed by atoms with E-state index in [2.05, 4.69) is 25.0 Å². The summed E-state index contributed by atoms with van der Waals surface area (Å²) in [7, 11) is -4.23. The first-order valence-electron chi connectivity index (χ1n) is 8.76. The first kappa shape index (κ1) is 22.2. The molecule has 0 spiro atoms. The number of hydrogen-bond acceptors (Lipinski definition) is 5. The van der Waals surface area contributed by atoms with Crippen LogP contribution in [0.15, 0.2) is 53.6 Å². The van der Waals surface area contributed by atoms with Crippen molar-refractivity contribution in [2.75, 3.05) is 10.0 Å². The summed E-state index contributed by atoms with van der Waals surface area (Å²) in [5.41, 5.74) is 1.05. The normalized spacial score (nSPS) is 11.8. The zero-order valence-corrected chi connectivity index (χ0v) is 17.1. The lowest BCUT2D eigenvalue weighted by Gasteiger charge is -2.11. The van der Waals surface area contributed by atoms with Crippen LogP contribution < -0.4 is 14.8 Å². The van der Waals surface area contributed by atoms with E-state index in [1.54, 1.807) is 24.3 Å². The number of rotatable bonds is 6. The Balaban J connectivity index is 1.86. The smallest absolute Gasteiger partial charge is 0.406 e. The van der Waals surface area contributed by atoms with Gasteiger partial charge in [0.2, 0.25) is 5.03 Å². The molecule has 0 aliphatic rings. The van der Waals surface area contributed by atoms with Gasteiger partial charge < -0.3 is 10.1 Å². The second-order valence-electron chi connectivity index (χ2n) is 6.53. The zero-order chi connectivity index (χ0) is 22.8. The van der Waals surface area contributed by atoms with Gasteiger partial charge in [0.25, 0.3) is 15.9 Å². The molecule has 164 valence electrons. The molecule has 1 amide bonds. The van der Waals surface area contributed by atoms with Gasteiger partial charge in [-0.15, -0.1) is 13.2 Å². The van der Waals surface area contributed by atoms with Crippen LogP contribution in [0.4, 0.5) is 24.5 Å². The van der Waals surface area contributed by atoms with E-state index in [9.17, 15) is 26.4 Å². The molecule has 0 bridgehead atoms. The Bertz CT molecular complexity index is 1210. The molecular formula is C19H17F3N4O4S. The van der Waals surface area contributed by atoms with E-state index in [1.807, 2.05) is 6.92 Å². The van der Waals surface area contributed by atoms with Gasteiger partial charge >= 0.3 is 6.36 Å². The highest BCUT2D eigenvalue weighted by Crippen LogP contribution is 2.26. The van der Waals surface area contributed by atoms with Crippen molar-refractivity contribution in [3.8, 4) is 5.75 Å². The maximum atomic E-state index is 12.8. The fourth-order valence-corrected chi connectivity index (χ4v) is 3.88. The quantitative estimate of drug-likeness (QED) is 0.522. The van der Waals surface area contributed by atoms with Crippen LogP contribution in [0.1, 0.15) is 21.6 Å². The SMILES string of the molecule is Cc1ccc(NS(=O)(=O)c2n[nH]c(C)c2C(=O)Nc2cccc(OC(F)(F)F)c2)cc1. The van der Waals surface area contributed by atoms with Crippen LogP contribution in [0.2, 0.25) is 0 Å². The minimum absolute atomic E-state index is 0.0257. The maximum absolute atomic E-state index is 12.8. The maximum Gasteiger partial charge on any atom is 0.573 e. The molecule has 31 heavy (non-hydrogen) atoms. The summed E-state index contributed by atoms with van der Waals surface area (Å²) in [5.74, 6) is -1.41. The van der Waals surface area contributed by atoms with Gasteiger partial charge in [-0.05, 0) is 38.1 Å². The summed E-state index contributed by atoms with van der Waals surface area (Å²) in [6.45, 7) is 3.28. The highest BCUT2D eigenvalue weighted by Gasteiger charge is 2.31. The Morgan fingerprint density at radius 3 is 2.39 bits per heavy atom. The zero-order valence-electron chi connectivity index (χ0n) is 16.2. The number of halogens is 3. The highest BCUT2D eigenvalue weighted by molar-refractivity contribution is 7.92. The molecule has 0 aliphatic carbocycles. The van der Waals surface area contributed by atoms with Gasteiger partial charge in [0.05, 0.1) is 0 Å². The number of alkyl halides is 3. The van der Waals surface area contributed by atoms with Gasteiger partial charge in [-0.1, -0.05) is 23.8 Å². The number of ether oxygens (including phenoxy) is 1. The molecule has 2 aromatic carbocycles. The standard InChI is InChI=1S/C19H17F3N4O4S/c1-11-6-8-13(9-7-11)26-31(28,29)18-16(12(2)24-25-18)17(27)23-14-4-3-5-15(10-14)30-19(20,21)22/h3-10,26H,1-2H3,(H,23,27)(H,24,25). The first-order chi connectivity index (χ1) is 14.4. The number of carbonyl (C=O) groups is 1. The van der Waals surface area contributed by atoms with Gasteiger partial charge in [0, 0.05) is 23.1 Å². The molecule has 0 saturated heterocycles. The predicted molar refractivity (Wildman–Crippen MR) is 106 cm³/mol. The van der Waals surface area contributed by atoms with Gasteiger partial charge in [-0.25, -0.2) is 0 Å². The second kappa shape index (κ2) is 8.30.